The van der Waals surface area contributed by atoms with E-state index in [1.165, 1.54) is 11.5 Å². The zero-order valence-electron chi connectivity index (χ0n) is 8.65. The summed E-state index contributed by atoms with van der Waals surface area (Å²) in [5.74, 6) is 0.728. The maximum atomic E-state index is 5.75. The van der Waals surface area contributed by atoms with Crippen molar-refractivity contribution in [2.45, 2.75) is 19.4 Å². The smallest absolute Gasteiger partial charge is 0.203 e. The van der Waals surface area contributed by atoms with Crippen LogP contribution in [0.25, 0.3) is 0 Å². The Morgan fingerprint density at radius 1 is 1.67 bits per heavy atom. The lowest BCUT2D eigenvalue weighted by atomic mass is 10.2. The molecule has 0 radical (unpaired) electrons. The van der Waals surface area contributed by atoms with E-state index in [1.807, 2.05) is 0 Å². The van der Waals surface area contributed by atoms with Gasteiger partial charge in [0, 0.05) is 13.1 Å². The van der Waals surface area contributed by atoms with Crippen LogP contribution in [0.3, 0.4) is 0 Å². The molecular weight excluding hydrogens is 234 g/mol. The van der Waals surface area contributed by atoms with Gasteiger partial charge >= 0.3 is 0 Å². The molecule has 4 nitrogen and oxygen atoms in total. The minimum atomic E-state index is -0.00551. The van der Waals surface area contributed by atoms with Gasteiger partial charge in [0.1, 0.15) is 6.10 Å². The standard InChI is InChI=1S/C9H14ClN3OS/c1-2-3-13-4-5-14-7(6-13)8-11-9(10)15-12-8/h7H,2-6H2,1H3. The fourth-order valence-corrected chi connectivity index (χ4v) is 2.38. The van der Waals surface area contributed by atoms with Gasteiger partial charge in [0.05, 0.1) is 6.61 Å². The molecule has 6 heteroatoms. The molecule has 0 spiro atoms. The van der Waals surface area contributed by atoms with E-state index < -0.39 is 0 Å². The zero-order valence-corrected chi connectivity index (χ0v) is 10.2. The van der Waals surface area contributed by atoms with E-state index in [0.29, 0.717) is 4.47 Å². The molecule has 1 saturated heterocycles. The van der Waals surface area contributed by atoms with Crippen molar-refractivity contribution < 1.29 is 4.74 Å². The van der Waals surface area contributed by atoms with Crippen molar-refractivity contribution in [3.63, 3.8) is 0 Å². The van der Waals surface area contributed by atoms with Gasteiger partial charge in [0.15, 0.2) is 5.82 Å². The van der Waals surface area contributed by atoms with Crippen LogP contribution in [-0.2, 0) is 4.74 Å². The molecule has 84 valence electrons. The van der Waals surface area contributed by atoms with E-state index in [0.717, 1.165) is 38.5 Å². The summed E-state index contributed by atoms with van der Waals surface area (Å²) >= 11 is 6.97. The normalized spacial score (nSPS) is 23.2. The van der Waals surface area contributed by atoms with Gasteiger partial charge in [-0.25, -0.2) is 4.98 Å². The number of ether oxygens (including phenoxy) is 1. The molecule has 2 rings (SSSR count). The lowest BCUT2D eigenvalue weighted by molar-refractivity contribution is -0.0336. The second-order valence-corrected chi connectivity index (χ2v) is 4.90. The summed E-state index contributed by atoms with van der Waals surface area (Å²) in [6, 6.07) is 0. The molecule has 1 aromatic heterocycles. The molecule has 1 atom stereocenters. The predicted molar refractivity (Wildman–Crippen MR) is 60.3 cm³/mol. The topological polar surface area (TPSA) is 38.2 Å². The third kappa shape index (κ3) is 2.87. The number of aromatic nitrogens is 2. The molecule has 1 aliphatic heterocycles. The van der Waals surface area contributed by atoms with E-state index in [1.54, 1.807) is 0 Å². The molecule has 1 unspecified atom stereocenters. The van der Waals surface area contributed by atoms with Crippen molar-refractivity contribution in [1.82, 2.24) is 14.3 Å². The number of hydrogen-bond acceptors (Lipinski definition) is 5. The number of nitrogens with zero attached hydrogens (tertiary/aromatic N) is 3. The van der Waals surface area contributed by atoms with E-state index in [4.69, 9.17) is 16.3 Å². The SMILES string of the molecule is CCCN1CCOC(c2nsc(Cl)n2)C1. The maximum Gasteiger partial charge on any atom is 0.203 e. The highest BCUT2D eigenvalue weighted by molar-refractivity contribution is 7.10. The molecule has 0 bridgehead atoms. The van der Waals surface area contributed by atoms with Gasteiger partial charge in [-0.1, -0.05) is 6.92 Å². The van der Waals surface area contributed by atoms with Crippen molar-refractivity contribution in [3.05, 3.63) is 10.3 Å². The third-order valence-electron chi connectivity index (χ3n) is 2.40. The van der Waals surface area contributed by atoms with Crippen molar-refractivity contribution in [1.29, 1.82) is 0 Å². The van der Waals surface area contributed by atoms with E-state index >= 15 is 0 Å². The van der Waals surface area contributed by atoms with E-state index in [-0.39, 0.29) is 6.10 Å². The second-order valence-electron chi connectivity index (χ2n) is 3.57. The summed E-state index contributed by atoms with van der Waals surface area (Å²) in [6.07, 6.45) is 1.16. The molecular formula is C9H14ClN3OS. The molecule has 0 aromatic carbocycles. The summed E-state index contributed by atoms with van der Waals surface area (Å²) in [5, 5.41) is 0. The fourth-order valence-electron chi connectivity index (χ4n) is 1.72. The summed E-state index contributed by atoms with van der Waals surface area (Å²) in [7, 11) is 0. The highest BCUT2D eigenvalue weighted by Crippen LogP contribution is 2.22. The summed E-state index contributed by atoms with van der Waals surface area (Å²) < 4.78 is 10.3. The van der Waals surface area contributed by atoms with Crippen LogP contribution >= 0.6 is 23.1 Å². The highest BCUT2D eigenvalue weighted by Gasteiger charge is 2.24. The first kappa shape index (κ1) is 11.3. The van der Waals surface area contributed by atoms with Gasteiger partial charge < -0.3 is 4.74 Å². The third-order valence-corrected chi connectivity index (χ3v) is 3.21. The van der Waals surface area contributed by atoms with Crippen LogP contribution in [0.15, 0.2) is 0 Å². The quantitative estimate of drug-likeness (QED) is 0.819. The highest BCUT2D eigenvalue weighted by atomic mass is 35.5. The molecule has 1 fully saturated rings. The molecule has 0 amide bonds. The average molecular weight is 248 g/mol. The molecule has 15 heavy (non-hydrogen) atoms. The molecule has 0 aliphatic carbocycles. The van der Waals surface area contributed by atoms with Crippen LogP contribution in [0.4, 0.5) is 0 Å². The van der Waals surface area contributed by atoms with Crippen molar-refractivity contribution in [3.8, 4) is 0 Å². The van der Waals surface area contributed by atoms with Crippen LogP contribution in [-0.4, -0.2) is 40.5 Å². The Labute approximate surface area is 98.4 Å². The van der Waals surface area contributed by atoms with Gasteiger partial charge in [-0.3, -0.25) is 4.90 Å². The molecule has 1 aliphatic rings. The predicted octanol–water partition coefficient (Wildman–Crippen LogP) is 1.97. The Kier molecular flexibility index (Phi) is 3.91. The van der Waals surface area contributed by atoms with Gasteiger partial charge in [-0.05, 0) is 36.1 Å². The van der Waals surface area contributed by atoms with Crippen molar-refractivity contribution in [2.24, 2.45) is 0 Å². The lowest BCUT2D eigenvalue weighted by Crippen LogP contribution is -2.39. The van der Waals surface area contributed by atoms with Crippen molar-refractivity contribution in [2.75, 3.05) is 26.2 Å². The Bertz CT molecular complexity index is 318. The lowest BCUT2D eigenvalue weighted by Gasteiger charge is -2.31. The van der Waals surface area contributed by atoms with Crippen LogP contribution in [0.5, 0.6) is 0 Å². The zero-order chi connectivity index (χ0) is 10.7. The average Bonchev–Trinajstić information content (AvgIpc) is 2.66. The van der Waals surface area contributed by atoms with Crippen LogP contribution in [0.2, 0.25) is 4.47 Å². The monoisotopic (exact) mass is 247 g/mol. The largest absolute Gasteiger partial charge is 0.367 e. The minimum absolute atomic E-state index is 0.00551. The van der Waals surface area contributed by atoms with Crippen LogP contribution in [0, 0.1) is 0 Å². The van der Waals surface area contributed by atoms with Gasteiger partial charge in [0.25, 0.3) is 0 Å². The second kappa shape index (κ2) is 5.21. The maximum absolute atomic E-state index is 5.75. The number of halogens is 1. The minimum Gasteiger partial charge on any atom is -0.367 e. The molecule has 0 saturated carbocycles. The Hall–Kier alpha value is -0.230. The number of rotatable bonds is 3. The summed E-state index contributed by atoms with van der Waals surface area (Å²) in [5.41, 5.74) is 0. The Balaban J connectivity index is 1.98. The van der Waals surface area contributed by atoms with Crippen LogP contribution < -0.4 is 0 Å². The van der Waals surface area contributed by atoms with E-state index in [9.17, 15) is 0 Å². The first-order valence-corrected chi connectivity index (χ1v) is 6.27. The van der Waals surface area contributed by atoms with Crippen LogP contribution in [0.1, 0.15) is 25.3 Å². The van der Waals surface area contributed by atoms with E-state index in [2.05, 4.69) is 21.2 Å². The molecule has 2 heterocycles. The first-order chi connectivity index (χ1) is 7.29. The van der Waals surface area contributed by atoms with Gasteiger partial charge in [-0.15, -0.1) is 0 Å². The summed E-state index contributed by atoms with van der Waals surface area (Å²) in [6.45, 7) is 5.92. The van der Waals surface area contributed by atoms with Gasteiger partial charge in [0.2, 0.25) is 4.47 Å². The Morgan fingerprint density at radius 2 is 2.53 bits per heavy atom. The van der Waals surface area contributed by atoms with Crippen molar-refractivity contribution >= 4 is 23.1 Å². The molecule has 0 N–H and O–H groups in total. The number of hydrogen-bond donors (Lipinski definition) is 0. The first-order valence-electron chi connectivity index (χ1n) is 5.12. The Morgan fingerprint density at radius 3 is 3.20 bits per heavy atom. The fraction of sp³-hybridized carbons (Fsp3) is 0.778. The summed E-state index contributed by atoms with van der Waals surface area (Å²) in [4.78, 5) is 6.53. The molecule has 1 aromatic rings. The van der Waals surface area contributed by atoms with Gasteiger partial charge in [-0.2, -0.15) is 4.37 Å². The number of morpholine rings is 1.